The van der Waals surface area contributed by atoms with Gasteiger partial charge >= 0.3 is 0 Å². The van der Waals surface area contributed by atoms with Crippen LogP contribution in [0, 0.1) is 5.41 Å². The number of sulfonamides is 1. The van der Waals surface area contributed by atoms with Gasteiger partial charge in [0, 0.05) is 27.1 Å². The molecule has 2 fully saturated rings. The van der Waals surface area contributed by atoms with Crippen molar-refractivity contribution in [2.24, 2.45) is 5.41 Å². The number of fused-ring (bicyclic) bond motifs is 1. The highest BCUT2D eigenvalue weighted by molar-refractivity contribution is 7.89. The van der Waals surface area contributed by atoms with Crippen LogP contribution < -0.4 is 0 Å². The Morgan fingerprint density at radius 2 is 1.83 bits per heavy atom. The summed E-state index contributed by atoms with van der Waals surface area (Å²) < 4.78 is 28.0. The Morgan fingerprint density at radius 1 is 1.13 bits per heavy atom. The quantitative estimate of drug-likeness (QED) is 0.677. The molecule has 9 heteroatoms. The van der Waals surface area contributed by atoms with Gasteiger partial charge in [-0.15, -0.1) is 0 Å². The van der Waals surface area contributed by atoms with E-state index in [1.165, 1.54) is 19.0 Å². The number of imide groups is 1. The molecule has 0 N–H and O–H groups in total. The minimum absolute atomic E-state index is 0.0715. The van der Waals surface area contributed by atoms with Gasteiger partial charge in [-0.2, -0.15) is 0 Å². The summed E-state index contributed by atoms with van der Waals surface area (Å²) in [6, 6.07) is 4.86. The molecule has 1 aliphatic carbocycles. The molecule has 0 unspecified atom stereocenters. The van der Waals surface area contributed by atoms with Crippen molar-refractivity contribution in [1.82, 2.24) is 18.8 Å². The predicted molar refractivity (Wildman–Crippen MR) is 112 cm³/mol. The Balaban J connectivity index is 1.69. The summed E-state index contributed by atoms with van der Waals surface area (Å²) in [6.45, 7) is 2.69. The van der Waals surface area contributed by atoms with Gasteiger partial charge in [0.2, 0.25) is 21.8 Å². The summed E-state index contributed by atoms with van der Waals surface area (Å²) in [5.41, 5.74) is 0.809. The van der Waals surface area contributed by atoms with Crippen LogP contribution in [0.1, 0.15) is 51.3 Å². The second-order valence-corrected chi connectivity index (χ2v) is 10.7. The molecule has 1 saturated heterocycles. The number of hydrogen-bond acceptors (Lipinski definition) is 5. The number of hydrogen-bond donors (Lipinski definition) is 0. The number of likely N-dealkylation sites (tertiary alicyclic amines) is 1. The van der Waals surface area contributed by atoms with Gasteiger partial charge in [-0.1, -0.05) is 19.3 Å². The van der Waals surface area contributed by atoms with Crippen molar-refractivity contribution in [2.45, 2.75) is 63.4 Å². The molecule has 2 amide bonds. The maximum atomic E-state index is 13.2. The molecule has 30 heavy (non-hydrogen) atoms. The van der Waals surface area contributed by atoms with E-state index in [9.17, 15) is 18.0 Å². The van der Waals surface area contributed by atoms with Crippen LogP contribution in [0.25, 0.3) is 11.0 Å². The molecular weight excluding hydrogens is 404 g/mol. The number of amides is 2. The van der Waals surface area contributed by atoms with Gasteiger partial charge in [0.1, 0.15) is 5.82 Å². The van der Waals surface area contributed by atoms with Gasteiger partial charge in [0.05, 0.1) is 27.9 Å². The van der Waals surface area contributed by atoms with E-state index < -0.39 is 15.4 Å². The van der Waals surface area contributed by atoms with Crippen molar-refractivity contribution in [1.29, 1.82) is 0 Å². The number of rotatable bonds is 5. The topological polar surface area (TPSA) is 92.6 Å². The molecular formula is C21H28N4O4S. The predicted octanol–water partition coefficient (Wildman–Crippen LogP) is 2.52. The van der Waals surface area contributed by atoms with Crippen LogP contribution in [-0.4, -0.2) is 53.1 Å². The number of carbonyl (C=O) groups is 2. The maximum absolute atomic E-state index is 13.2. The second kappa shape index (κ2) is 7.46. The Bertz CT molecular complexity index is 1110. The Morgan fingerprint density at radius 3 is 2.47 bits per heavy atom. The zero-order valence-electron chi connectivity index (χ0n) is 17.7. The average Bonchev–Trinajstić information content (AvgIpc) is 3.17. The van der Waals surface area contributed by atoms with Crippen LogP contribution in [0.2, 0.25) is 0 Å². The van der Waals surface area contributed by atoms with Crippen LogP contribution in [-0.2, 0) is 32.7 Å². The molecule has 1 aliphatic heterocycles. The highest BCUT2D eigenvalue weighted by Gasteiger charge is 2.51. The first-order valence-electron chi connectivity index (χ1n) is 10.5. The first-order valence-corrected chi connectivity index (χ1v) is 11.9. The lowest BCUT2D eigenvalue weighted by Crippen LogP contribution is -2.37. The van der Waals surface area contributed by atoms with Crippen LogP contribution >= 0.6 is 0 Å². The Labute approximate surface area is 176 Å². The van der Waals surface area contributed by atoms with E-state index in [-0.39, 0.29) is 23.3 Å². The fraction of sp³-hybridized carbons (Fsp3) is 0.571. The zero-order valence-corrected chi connectivity index (χ0v) is 18.5. The van der Waals surface area contributed by atoms with E-state index in [0.717, 1.165) is 41.9 Å². The number of carbonyl (C=O) groups excluding carboxylic acids is 2. The van der Waals surface area contributed by atoms with Gasteiger partial charge < -0.3 is 4.57 Å². The maximum Gasteiger partial charge on any atom is 0.242 e. The minimum Gasteiger partial charge on any atom is -0.327 e. The molecule has 8 nitrogen and oxygen atoms in total. The van der Waals surface area contributed by atoms with E-state index in [1.807, 2.05) is 11.5 Å². The zero-order chi connectivity index (χ0) is 21.7. The molecule has 2 heterocycles. The number of aromatic nitrogens is 2. The molecule has 162 valence electrons. The van der Waals surface area contributed by atoms with Crippen LogP contribution in [0.5, 0.6) is 0 Å². The SMILES string of the molecule is CCn1c(CN2C(=O)CC3(CCCCC3)C2=O)nc2cc(S(=O)(=O)N(C)C)ccc21. The fourth-order valence-electron chi connectivity index (χ4n) is 4.78. The summed E-state index contributed by atoms with van der Waals surface area (Å²) in [5.74, 6) is 0.395. The van der Waals surface area contributed by atoms with Crippen molar-refractivity contribution in [3.8, 4) is 0 Å². The number of benzene rings is 1. The second-order valence-electron chi connectivity index (χ2n) is 8.51. The first kappa shape index (κ1) is 21.0. The lowest BCUT2D eigenvalue weighted by Gasteiger charge is -2.30. The van der Waals surface area contributed by atoms with Gasteiger partial charge in [-0.3, -0.25) is 14.5 Å². The van der Waals surface area contributed by atoms with Crippen molar-refractivity contribution >= 4 is 32.9 Å². The molecule has 0 atom stereocenters. The largest absolute Gasteiger partial charge is 0.327 e. The third kappa shape index (κ3) is 3.24. The van der Waals surface area contributed by atoms with Gasteiger partial charge in [-0.05, 0) is 38.0 Å². The molecule has 1 aromatic heterocycles. The number of nitrogens with zero attached hydrogens (tertiary/aromatic N) is 4. The van der Waals surface area contributed by atoms with E-state index in [1.54, 1.807) is 18.2 Å². The molecule has 1 saturated carbocycles. The van der Waals surface area contributed by atoms with E-state index in [4.69, 9.17) is 0 Å². The monoisotopic (exact) mass is 432 g/mol. The standard InChI is InChI=1S/C21H28N4O4S/c1-4-24-17-9-8-15(30(28,29)23(2)3)12-16(17)22-18(24)14-25-19(26)13-21(20(25)27)10-6-5-7-11-21/h8-9,12H,4-7,10-11,13-14H2,1-3H3. The van der Waals surface area contributed by atoms with Crippen LogP contribution in [0.3, 0.4) is 0 Å². The lowest BCUT2D eigenvalue weighted by atomic mass is 9.73. The average molecular weight is 433 g/mol. The lowest BCUT2D eigenvalue weighted by molar-refractivity contribution is -0.143. The minimum atomic E-state index is -3.57. The summed E-state index contributed by atoms with van der Waals surface area (Å²) in [7, 11) is -0.597. The molecule has 4 rings (SSSR count). The number of aryl methyl sites for hydroxylation is 1. The van der Waals surface area contributed by atoms with E-state index >= 15 is 0 Å². The highest BCUT2D eigenvalue weighted by Crippen LogP contribution is 2.45. The van der Waals surface area contributed by atoms with Crippen molar-refractivity contribution in [3.05, 3.63) is 24.0 Å². The van der Waals surface area contributed by atoms with Gasteiger partial charge in [0.15, 0.2) is 0 Å². The molecule has 1 aromatic carbocycles. The summed E-state index contributed by atoms with van der Waals surface area (Å²) in [5, 5.41) is 0. The third-order valence-electron chi connectivity index (χ3n) is 6.49. The molecule has 2 aliphatic rings. The fourth-order valence-corrected chi connectivity index (χ4v) is 5.71. The molecule has 1 spiro atoms. The number of imidazole rings is 1. The van der Waals surface area contributed by atoms with E-state index in [0.29, 0.717) is 24.3 Å². The molecule has 0 radical (unpaired) electrons. The van der Waals surface area contributed by atoms with Crippen LogP contribution in [0.15, 0.2) is 23.1 Å². The summed E-state index contributed by atoms with van der Waals surface area (Å²) in [4.78, 5) is 32.0. The summed E-state index contributed by atoms with van der Waals surface area (Å²) in [6.07, 6.45) is 4.96. The van der Waals surface area contributed by atoms with E-state index in [2.05, 4.69) is 4.98 Å². The van der Waals surface area contributed by atoms with Crippen LogP contribution in [0.4, 0.5) is 0 Å². The smallest absolute Gasteiger partial charge is 0.242 e. The Hall–Kier alpha value is -2.26. The normalized spacial score (nSPS) is 19.5. The molecule has 0 bridgehead atoms. The van der Waals surface area contributed by atoms with Gasteiger partial charge in [-0.25, -0.2) is 17.7 Å². The Kier molecular flexibility index (Phi) is 5.22. The third-order valence-corrected chi connectivity index (χ3v) is 8.30. The van der Waals surface area contributed by atoms with Crippen molar-refractivity contribution < 1.29 is 18.0 Å². The van der Waals surface area contributed by atoms with Gasteiger partial charge in [0.25, 0.3) is 0 Å². The summed E-state index contributed by atoms with van der Waals surface area (Å²) >= 11 is 0. The van der Waals surface area contributed by atoms with Crippen molar-refractivity contribution in [2.75, 3.05) is 14.1 Å². The van der Waals surface area contributed by atoms with Crippen molar-refractivity contribution in [3.63, 3.8) is 0 Å². The first-order chi connectivity index (χ1) is 14.2. The highest BCUT2D eigenvalue weighted by atomic mass is 32.2. The molecule has 2 aromatic rings.